The van der Waals surface area contributed by atoms with Crippen LogP contribution in [0.4, 0.5) is 0 Å². The number of terminal acetylenes is 1. The second-order valence-electron chi connectivity index (χ2n) is 2.50. The number of nitrogens with one attached hydrogen (secondary N) is 1. The van der Waals surface area contributed by atoms with Crippen LogP contribution in [0.3, 0.4) is 0 Å². The monoisotopic (exact) mass is 161 g/mol. The first-order chi connectivity index (χ1) is 5.79. The van der Waals surface area contributed by atoms with Gasteiger partial charge in [0.1, 0.15) is 6.04 Å². The zero-order valence-corrected chi connectivity index (χ0v) is 6.91. The average molecular weight is 161 g/mol. The quantitative estimate of drug-likeness (QED) is 0.378. The van der Waals surface area contributed by atoms with Gasteiger partial charge in [0.2, 0.25) is 0 Å². The summed E-state index contributed by atoms with van der Waals surface area (Å²) in [6.45, 7) is 1.95. The van der Waals surface area contributed by atoms with Gasteiger partial charge in [0.15, 0.2) is 0 Å². The first kappa shape index (κ1) is 8.72. The van der Waals surface area contributed by atoms with Gasteiger partial charge in [-0.25, -0.2) is 5.43 Å². The molecule has 0 aliphatic heterocycles. The summed E-state index contributed by atoms with van der Waals surface area (Å²) in [7, 11) is 0. The Hall–Kier alpha value is -1.37. The van der Waals surface area contributed by atoms with Crippen molar-refractivity contribution in [2.45, 2.75) is 13.0 Å². The van der Waals surface area contributed by atoms with Gasteiger partial charge in [0.25, 0.3) is 0 Å². The summed E-state index contributed by atoms with van der Waals surface area (Å²) >= 11 is 0. The van der Waals surface area contributed by atoms with Crippen molar-refractivity contribution in [1.29, 1.82) is 0 Å². The van der Waals surface area contributed by atoms with Gasteiger partial charge in [0.05, 0.1) is 0 Å². The smallest absolute Gasteiger partial charge is 0.107 e. The maximum atomic E-state index is 5.27. The van der Waals surface area contributed by atoms with E-state index >= 15 is 0 Å². The normalized spacial score (nSPS) is 12.1. The number of hydrazine groups is 1. The molecule has 0 aromatic carbocycles. The van der Waals surface area contributed by atoms with Gasteiger partial charge >= 0.3 is 0 Å². The summed E-state index contributed by atoms with van der Waals surface area (Å²) in [6, 6.07) is 1.63. The Bertz CT molecular complexity index is 301. The first-order valence-electron chi connectivity index (χ1n) is 3.62. The van der Waals surface area contributed by atoms with Crippen molar-refractivity contribution >= 4 is 0 Å². The lowest BCUT2D eigenvalue weighted by atomic mass is 10.1. The highest BCUT2D eigenvalue weighted by Crippen LogP contribution is 2.13. The molecular formula is C9H11N3. The highest BCUT2D eigenvalue weighted by atomic mass is 15.2. The number of aryl methyl sites for hydroxylation is 1. The number of rotatable bonds is 2. The molecular weight excluding hydrogens is 150 g/mol. The van der Waals surface area contributed by atoms with E-state index in [1.807, 2.05) is 13.0 Å². The molecule has 0 saturated heterocycles. The van der Waals surface area contributed by atoms with Crippen LogP contribution in [-0.2, 0) is 0 Å². The molecule has 0 saturated carbocycles. The molecule has 3 heteroatoms. The fourth-order valence-corrected chi connectivity index (χ4v) is 1.04. The minimum Gasteiger partial charge on any atom is -0.270 e. The van der Waals surface area contributed by atoms with Crippen LogP contribution in [0.15, 0.2) is 18.5 Å². The highest BCUT2D eigenvalue weighted by molar-refractivity contribution is 5.30. The summed E-state index contributed by atoms with van der Waals surface area (Å²) in [4.78, 5) is 3.96. The van der Waals surface area contributed by atoms with Crippen LogP contribution >= 0.6 is 0 Å². The zero-order valence-electron chi connectivity index (χ0n) is 6.91. The van der Waals surface area contributed by atoms with Crippen molar-refractivity contribution in [3.63, 3.8) is 0 Å². The van der Waals surface area contributed by atoms with Crippen LogP contribution in [0, 0.1) is 19.3 Å². The summed E-state index contributed by atoms with van der Waals surface area (Å²) in [5.74, 6) is 7.82. The number of pyridine rings is 1. The third-order valence-electron chi connectivity index (χ3n) is 1.71. The van der Waals surface area contributed by atoms with Crippen LogP contribution in [0.1, 0.15) is 17.2 Å². The van der Waals surface area contributed by atoms with Crippen molar-refractivity contribution in [1.82, 2.24) is 10.4 Å². The Balaban J connectivity index is 3.02. The number of aromatic nitrogens is 1. The molecule has 1 aromatic heterocycles. The molecule has 1 atom stereocenters. The molecule has 0 fully saturated rings. The lowest BCUT2D eigenvalue weighted by molar-refractivity contribution is 0.669. The molecule has 0 spiro atoms. The standard InChI is InChI=1S/C9H11N3/c1-3-9(12-10)8-4-5-11-6-7(8)2/h1,4-6,9,12H,10H2,2H3. The topological polar surface area (TPSA) is 50.9 Å². The average Bonchev–Trinajstić information content (AvgIpc) is 2.10. The maximum absolute atomic E-state index is 5.27. The summed E-state index contributed by atoms with van der Waals surface area (Å²) in [5, 5.41) is 0. The number of hydrogen-bond acceptors (Lipinski definition) is 3. The van der Waals surface area contributed by atoms with Gasteiger partial charge in [-0.05, 0) is 24.1 Å². The predicted molar refractivity (Wildman–Crippen MR) is 47.9 cm³/mol. The molecule has 1 aromatic rings. The van der Waals surface area contributed by atoms with Gasteiger partial charge < -0.3 is 0 Å². The van der Waals surface area contributed by atoms with E-state index in [4.69, 9.17) is 12.3 Å². The number of nitrogens with zero attached hydrogens (tertiary/aromatic N) is 1. The van der Waals surface area contributed by atoms with E-state index in [0.29, 0.717) is 0 Å². The molecule has 0 radical (unpaired) electrons. The SMILES string of the molecule is C#CC(NN)c1ccncc1C. The Kier molecular flexibility index (Phi) is 2.81. The Morgan fingerprint density at radius 2 is 2.50 bits per heavy atom. The number of nitrogens with two attached hydrogens (primary N) is 1. The molecule has 1 heterocycles. The third-order valence-corrected chi connectivity index (χ3v) is 1.71. The summed E-state index contributed by atoms with van der Waals surface area (Å²) in [5.41, 5.74) is 4.58. The van der Waals surface area contributed by atoms with Crippen molar-refractivity contribution in [3.05, 3.63) is 29.6 Å². The molecule has 1 rings (SSSR count). The molecule has 0 amide bonds. The molecule has 0 bridgehead atoms. The van der Waals surface area contributed by atoms with Gasteiger partial charge in [-0.2, -0.15) is 0 Å². The van der Waals surface area contributed by atoms with Crippen molar-refractivity contribution < 1.29 is 0 Å². The lowest BCUT2D eigenvalue weighted by Gasteiger charge is -2.11. The Labute approximate surface area is 72.0 Å². The van der Waals surface area contributed by atoms with Gasteiger partial charge in [0, 0.05) is 12.4 Å². The van der Waals surface area contributed by atoms with Crippen molar-refractivity contribution in [2.75, 3.05) is 0 Å². The van der Waals surface area contributed by atoms with Crippen LogP contribution < -0.4 is 11.3 Å². The molecule has 1 unspecified atom stereocenters. The predicted octanol–water partition coefficient (Wildman–Crippen LogP) is 0.528. The fraction of sp³-hybridized carbons (Fsp3) is 0.222. The Morgan fingerprint density at radius 3 is 3.00 bits per heavy atom. The third kappa shape index (κ3) is 1.62. The molecule has 0 aliphatic rings. The van der Waals surface area contributed by atoms with E-state index in [1.54, 1.807) is 12.4 Å². The molecule has 3 N–H and O–H groups in total. The van der Waals surface area contributed by atoms with Gasteiger partial charge in [-0.3, -0.25) is 10.8 Å². The second kappa shape index (κ2) is 3.86. The van der Waals surface area contributed by atoms with Crippen LogP contribution in [-0.4, -0.2) is 4.98 Å². The minimum atomic E-state index is -0.229. The molecule has 0 aliphatic carbocycles. The van der Waals surface area contributed by atoms with Crippen LogP contribution in [0.2, 0.25) is 0 Å². The van der Waals surface area contributed by atoms with E-state index in [9.17, 15) is 0 Å². The van der Waals surface area contributed by atoms with Crippen molar-refractivity contribution in [2.24, 2.45) is 5.84 Å². The highest BCUT2D eigenvalue weighted by Gasteiger charge is 2.07. The largest absolute Gasteiger partial charge is 0.270 e. The zero-order chi connectivity index (χ0) is 8.97. The van der Waals surface area contributed by atoms with E-state index in [2.05, 4.69) is 16.3 Å². The van der Waals surface area contributed by atoms with Crippen LogP contribution in [0.25, 0.3) is 0 Å². The summed E-state index contributed by atoms with van der Waals surface area (Å²) in [6.07, 6.45) is 8.73. The molecule has 3 nitrogen and oxygen atoms in total. The lowest BCUT2D eigenvalue weighted by Crippen LogP contribution is -2.27. The maximum Gasteiger partial charge on any atom is 0.107 e. The van der Waals surface area contributed by atoms with E-state index in [1.165, 1.54) is 0 Å². The number of hydrogen-bond donors (Lipinski definition) is 2. The van der Waals surface area contributed by atoms with Crippen molar-refractivity contribution in [3.8, 4) is 12.3 Å². The van der Waals surface area contributed by atoms with E-state index < -0.39 is 0 Å². The fourth-order valence-electron chi connectivity index (χ4n) is 1.04. The molecule has 12 heavy (non-hydrogen) atoms. The van der Waals surface area contributed by atoms with E-state index in [-0.39, 0.29) is 6.04 Å². The van der Waals surface area contributed by atoms with Gasteiger partial charge in [-0.15, -0.1) is 6.42 Å². The van der Waals surface area contributed by atoms with E-state index in [0.717, 1.165) is 11.1 Å². The van der Waals surface area contributed by atoms with Crippen LogP contribution in [0.5, 0.6) is 0 Å². The molecule has 62 valence electrons. The summed E-state index contributed by atoms with van der Waals surface area (Å²) < 4.78 is 0. The first-order valence-corrected chi connectivity index (χ1v) is 3.62. The van der Waals surface area contributed by atoms with Gasteiger partial charge in [-0.1, -0.05) is 5.92 Å². The minimum absolute atomic E-state index is 0.229. The second-order valence-corrected chi connectivity index (χ2v) is 2.50. The Morgan fingerprint density at radius 1 is 1.75 bits per heavy atom.